The number of phenolic OH excluding ortho intramolecular Hbond substituents is 1. The minimum Gasteiger partial charge on any atom is -0.508 e. The van der Waals surface area contributed by atoms with Crippen LogP contribution >= 0.6 is 11.6 Å². The van der Waals surface area contributed by atoms with E-state index in [2.05, 4.69) is 10.2 Å². The van der Waals surface area contributed by atoms with E-state index in [-0.39, 0.29) is 5.75 Å². The highest BCUT2D eigenvalue weighted by Gasteiger charge is 2.02. The zero-order valence-corrected chi connectivity index (χ0v) is 11.9. The number of phenols is 1. The molecule has 3 rings (SSSR count). The molecule has 0 aliphatic heterocycles. The molecule has 0 atom stereocenters. The smallest absolute Gasteiger partial charge is 0.115 e. The van der Waals surface area contributed by atoms with Crippen LogP contribution in [-0.4, -0.2) is 15.3 Å². The summed E-state index contributed by atoms with van der Waals surface area (Å²) in [6.07, 6.45) is 3.90. The molecular formula is C17H13ClN2O. The monoisotopic (exact) mass is 296 g/mol. The highest BCUT2D eigenvalue weighted by molar-refractivity contribution is 6.30. The van der Waals surface area contributed by atoms with E-state index in [9.17, 15) is 5.11 Å². The minimum atomic E-state index is 0.263. The molecule has 2 aromatic carbocycles. The average Bonchev–Trinajstić information content (AvgIpc) is 2.96. The summed E-state index contributed by atoms with van der Waals surface area (Å²) in [5.74, 6) is 0.263. The largest absolute Gasteiger partial charge is 0.508 e. The van der Waals surface area contributed by atoms with Crippen molar-refractivity contribution in [3.63, 3.8) is 0 Å². The number of nitrogens with zero attached hydrogens (tertiary/aromatic N) is 1. The van der Waals surface area contributed by atoms with Gasteiger partial charge in [-0.3, -0.25) is 5.10 Å². The summed E-state index contributed by atoms with van der Waals surface area (Å²) in [4.78, 5) is 0. The van der Waals surface area contributed by atoms with E-state index in [1.807, 2.05) is 54.6 Å². The Morgan fingerprint density at radius 1 is 0.952 bits per heavy atom. The maximum Gasteiger partial charge on any atom is 0.115 e. The summed E-state index contributed by atoms with van der Waals surface area (Å²) >= 11 is 5.88. The number of rotatable bonds is 3. The van der Waals surface area contributed by atoms with E-state index in [4.69, 9.17) is 11.6 Å². The predicted octanol–water partition coefficient (Wildman–Crippen LogP) is 4.61. The first-order chi connectivity index (χ1) is 10.2. The average molecular weight is 297 g/mol. The van der Waals surface area contributed by atoms with Gasteiger partial charge in [0.15, 0.2) is 0 Å². The van der Waals surface area contributed by atoms with Crippen LogP contribution in [0, 0.1) is 0 Å². The summed E-state index contributed by atoms with van der Waals surface area (Å²) in [7, 11) is 0. The van der Waals surface area contributed by atoms with Crippen LogP contribution in [0.15, 0.2) is 54.6 Å². The molecule has 0 aliphatic carbocycles. The van der Waals surface area contributed by atoms with Gasteiger partial charge in [-0.05, 0) is 42.0 Å². The van der Waals surface area contributed by atoms with E-state index >= 15 is 0 Å². The van der Waals surface area contributed by atoms with Gasteiger partial charge in [-0.25, -0.2) is 0 Å². The van der Waals surface area contributed by atoms with Gasteiger partial charge in [-0.1, -0.05) is 41.9 Å². The molecule has 0 aliphatic rings. The van der Waals surface area contributed by atoms with E-state index < -0.39 is 0 Å². The van der Waals surface area contributed by atoms with Gasteiger partial charge in [-0.2, -0.15) is 5.10 Å². The number of H-pyrrole nitrogens is 1. The van der Waals surface area contributed by atoms with Gasteiger partial charge < -0.3 is 5.11 Å². The van der Waals surface area contributed by atoms with E-state index in [0.717, 1.165) is 22.5 Å². The van der Waals surface area contributed by atoms with Crippen molar-refractivity contribution in [2.75, 3.05) is 0 Å². The fraction of sp³-hybridized carbons (Fsp3) is 0. The Hall–Kier alpha value is -2.52. The van der Waals surface area contributed by atoms with Crippen LogP contribution in [0.5, 0.6) is 5.75 Å². The van der Waals surface area contributed by atoms with E-state index in [1.54, 1.807) is 12.1 Å². The Balaban J connectivity index is 1.78. The lowest BCUT2D eigenvalue weighted by atomic mass is 10.1. The quantitative estimate of drug-likeness (QED) is 0.741. The third-order valence-corrected chi connectivity index (χ3v) is 3.34. The third-order valence-electron chi connectivity index (χ3n) is 3.09. The molecule has 3 nitrogen and oxygen atoms in total. The standard InChI is InChI=1S/C17H13ClN2O/c18-14-6-4-13(5-7-14)17-11-15(19-20-17)8-1-12-2-9-16(21)10-3-12/h1-11,21H,(H,19,20). The molecule has 21 heavy (non-hydrogen) atoms. The van der Waals surface area contributed by atoms with Crippen LogP contribution < -0.4 is 0 Å². The number of aromatic amines is 1. The van der Waals surface area contributed by atoms with Crippen molar-refractivity contribution in [2.24, 2.45) is 0 Å². The number of benzene rings is 2. The second-order valence-electron chi connectivity index (χ2n) is 4.64. The van der Waals surface area contributed by atoms with Gasteiger partial charge in [0, 0.05) is 10.6 Å². The fourth-order valence-corrected chi connectivity index (χ4v) is 2.09. The van der Waals surface area contributed by atoms with Crippen molar-refractivity contribution < 1.29 is 5.11 Å². The zero-order valence-electron chi connectivity index (χ0n) is 11.1. The van der Waals surface area contributed by atoms with Crippen LogP contribution in [0.1, 0.15) is 11.3 Å². The number of hydrogen-bond donors (Lipinski definition) is 2. The number of halogens is 1. The molecule has 0 bridgehead atoms. The summed E-state index contributed by atoms with van der Waals surface area (Å²) in [6, 6.07) is 16.6. The molecule has 0 unspecified atom stereocenters. The van der Waals surface area contributed by atoms with Crippen molar-refractivity contribution in [1.29, 1.82) is 0 Å². The first-order valence-electron chi connectivity index (χ1n) is 6.49. The fourth-order valence-electron chi connectivity index (χ4n) is 1.96. The maximum atomic E-state index is 9.24. The molecule has 1 heterocycles. The zero-order chi connectivity index (χ0) is 14.7. The van der Waals surface area contributed by atoms with Crippen molar-refractivity contribution in [2.45, 2.75) is 0 Å². The summed E-state index contributed by atoms with van der Waals surface area (Å²) in [6.45, 7) is 0. The van der Waals surface area contributed by atoms with Crippen LogP contribution in [0.3, 0.4) is 0 Å². The van der Waals surface area contributed by atoms with Crippen LogP contribution in [0.2, 0.25) is 5.02 Å². The normalized spacial score (nSPS) is 11.1. The second kappa shape index (κ2) is 5.85. The molecule has 1 aromatic heterocycles. The maximum absolute atomic E-state index is 9.24. The van der Waals surface area contributed by atoms with Crippen molar-refractivity contribution >= 4 is 23.8 Å². The SMILES string of the molecule is Oc1ccc(C=Cc2cc(-c3ccc(Cl)cc3)n[nH]2)cc1. The van der Waals surface area contributed by atoms with E-state index in [1.165, 1.54) is 0 Å². The molecule has 0 spiro atoms. The van der Waals surface area contributed by atoms with Crippen molar-refractivity contribution in [3.05, 3.63) is 70.9 Å². The lowest BCUT2D eigenvalue weighted by molar-refractivity contribution is 0.475. The summed E-state index contributed by atoms with van der Waals surface area (Å²) < 4.78 is 0. The molecule has 3 aromatic rings. The van der Waals surface area contributed by atoms with Gasteiger partial charge in [0.2, 0.25) is 0 Å². The molecular weight excluding hydrogens is 284 g/mol. The molecule has 0 fully saturated rings. The van der Waals surface area contributed by atoms with Gasteiger partial charge in [0.05, 0.1) is 11.4 Å². The summed E-state index contributed by atoms with van der Waals surface area (Å²) in [5.41, 5.74) is 3.81. The van der Waals surface area contributed by atoms with Gasteiger partial charge in [0.1, 0.15) is 5.75 Å². The first-order valence-corrected chi connectivity index (χ1v) is 6.87. The predicted molar refractivity (Wildman–Crippen MR) is 86.1 cm³/mol. The number of aromatic hydroxyl groups is 1. The van der Waals surface area contributed by atoms with Gasteiger partial charge in [-0.15, -0.1) is 0 Å². The molecule has 2 N–H and O–H groups in total. The topological polar surface area (TPSA) is 48.9 Å². The first kappa shape index (κ1) is 13.5. The Labute approximate surface area is 127 Å². The van der Waals surface area contributed by atoms with Crippen molar-refractivity contribution in [3.8, 4) is 17.0 Å². The van der Waals surface area contributed by atoms with Crippen LogP contribution in [0.25, 0.3) is 23.4 Å². The Bertz CT molecular complexity index is 758. The van der Waals surface area contributed by atoms with Gasteiger partial charge in [0.25, 0.3) is 0 Å². The number of nitrogens with one attached hydrogen (secondary N) is 1. The second-order valence-corrected chi connectivity index (χ2v) is 5.08. The van der Waals surface area contributed by atoms with E-state index in [0.29, 0.717) is 5.02 Å². The Morgan fingerprint density at radius 3 is 2.38 bits per heavy atom. The van der Waals surface area contributed by atoms with Crippen LogP contribution in [0.4, 0.5) is 0 Å². The Morgan fingerprint density at radius 2 is 1.67 bits per heavy atom. The molecule has 0 radical (unpaired) electrons. The molecule has 0 amide bonds. The summed E-state index contributed by atoms with van der Waals surface area (Å²) in [5, 5.41) is 17.2. The van der Waals surface area contributed by atoms with Gasteiger partial charge >= 0.3 is 0 Å². The lowest BCUT2D eigenvalue weighted by Gasteiger charge is -1.95. The highest BCUT2D eigenvalue weighted by Crippen LogP contribution is 2.21. The highest BCUT2D eigenvalue weighted by atomic mass is 35.5. The minimum absolute atomic E-state index is 0.263. The lowest BCUT2D eigenvalue weighted by Crippen LogP contribution is -1.76. The van der Waals surface area contributed by atoms with Crippen molar-refractivity contribution in [1.82, 2.24) is 10.2 Å². The number of hydrogen-bond acceptors (Lipinski definition) is 2. The number of aromatic nitrogens is 2. The molecule has 104 valence electrons. The Kier molecular flexibility index (Phi) is 3.75. The van der Waals surface area contributed by atoms with Crippen LogP contribution in [-0.2, 0) is 0 Å². The molecule has 0 saturated carbocycles. The molecule has 4 heteroatoms. The molecule has 0 saturated heterocycles. The third kappa shape index (κ3) is 3.33.